The Morgan fingerprint density at radius 2 is 1.70 bits per heavy atom. The number of carboxylic acid groups (broad SMARTS) is 2. The minimum absolute atomic E-state index is 0.858. The summed E-state index contributed by atoms with van der Waals surface area (Å²) < 4.78 is 5.08. The van der Waals surface area contributed by atoms with E-state index in [9.17, 15) is 0 Å². The number of nitrogens with one attached hydrogen (secondary N) is 1. The summed E-state index contributed by atoms with van der Waals surface area (Å²) in [5, 5.41) is 14.8. The standard InChI is InChI=1S/C11H12N2O.C2H2O4/c1-8-7-12-11(13-8)9-3-5-10(14-2)6-4-9;3-1(4)2(5)6/h3-7H,1-2H3,(H,12,13);(H,3,4)(H,5,6). The zero-order chi connectivity index (χ0) is 15.1. The molecule has 7 heteroatoms. The van der Waals surface area contributed by atoms with Crippen LogP contribution < -0.4 is 4.74 Å². The number of carboxylic acids is 2. The third-order valence-corrected chi connectivity index (χ3v) is 2.25. The van der Waals surface area contributed by atoms with Crippen LogP contribution in [0.2, 0.25) is 0 Å². The van der Waals surface area contributed by atoms with Gasteiger partial charge in [-0.1, -0.05) is 0 Å². The number of carbonyl (C=O) groups is 2. The van der Waals surface area contributed by atoms with Crippen LogP contribution in [0.25, 0.3) is 11.4 Å². The third kappa shape index (κ3) is 4.45. The second-order valence-corrected chi connectivity index (χ2v) is 3.75. The number of benzene rings is 1. The quantitative estimate of drug-likeness (QED) is 0.718. The lowest BCUT2D eigenvalue weighted by Crippen LogP contribution is -2.09. The van der Waals surface area contributed by atoms with Crippen molar-refractivity contribution in [3.05, 3.63) is 36.2 Å². The Morgan fingerprint density at radius 3 is 2.05 bits per heavy atom. The molecule has 0 aliphatic carbocycles. The van der Waals surface area contributed by atoms with Crippen LogP contribution in [-0.4, -0.2) is 39.2 Å². The minimum Gasteiger partial charge on any atom is -0.497 e. The van der Waals surface area contributed by atoms with E-state index in [1.807, 2.05) is 37.4 Å². The number of H-pyrrole nitrogens is 1. The highest BCUT2D eigenvalue weighted by Crippen LogP contribution is 2.19. The second-order valence-electron chi connectivity index (χ2n) is 3.75. The van der Waals surface area contributed by atoms with Crippen LogP contribution in [0.1, 0.15) is 5.69 Å². The predicted octanol–water partition coefficient (Wildman–Crippen LogP) is 1.55. The first kappa shape index (κ1) is 15.2. The normalized spacial score (nSPS) is 9.30. The van der Waals surface area contributed by atoms with Crippen molar-refractivity contribution in [1.82, 2.24) is 9.97 Å². The summed E-state index contributed by atoms with van der Waals surface area (Å²) in [4.78, 5) is 25.6. The zero-order valence-electron chi connectivity index (χ0n) is 11.0. The highest BCUT2D eigenvalue weighted by atomic mass is 16.5. The van der Waals surface area contributed by atoms with Gasteiger partial charge in [-0.25, -0.2) is 14.6 Å². The average molecular weight is 278 g/mol. The van der Waals surface area contributed by atoms with Crippen molar-refractivity contribution in [3.8, 4) is 17.1 Å². The van der Waals surface area contributed by atoms with Gasteiger partial charge in [-0.3, -0.25) is 0 Å². The Kier molecular flexibility index (Phi) is 5.28. The molecule has 7 nitrogen and oxygen atoms in total. The highest BCUT2D eigenvalue weighted by Gasteiger charge is 2.04. The largest absolute Gasteiger partial charge is 0.497 e. The minimum atomic E-state index is -1.82. The van der Waals surface area contributed by atoms with E-state index in [4.69, 9.17) is 24.5 Å². The Morgan fingerprint density at radius 1 is 1.15 bits per heavy atom. The maximum atomic E-state index is 9.10. The molecule has 0 unspecified atom stereocenters. The summed E-state index contributed by atoms with van der Waals surface area (Å²) in [6, 6.07) is 7.81. The lowest BCUT2D eigenvalue weighted by Gasteiger charge is -2.00. The Hall–Kier alpha value is -2.83. The maximum absolute atomic E-state index is 9.10. The summed E-state index contributed by atoms with van der Waals surface area (Å²) in [5.41, 5.74) is 2.13. The molecule has 0 bridgehead atoms. The molecule has 0 amide bonds. The average Bonchev–Trinajstić information content (AvgIpc) is 2.86. The Bertz CT molecular complexity index is 577. The lowest BCUT2D eigenvalue weighted by molar-refractivity contribution is -0.159. The summed E-state index contributed by atoms with van der Waals surface area (Å²) in [6.45, 7) is 1.99. The van der Waals surface area contributed by atoms with E-state index in [1.165, 1.54) is 0 Å². The number of nitrogens with zero attached hydrogens (tertiary/aromatic N) is 1. The van der Waals surface area contributed by atoms with Crippen molar-refractivity contribution in [1.29, 1.82) is 0 Å². The molecular formula is C13H14N2O5. The number of ether oxygens (including phenoxy) is 1. The summed E-state index contributed by atoms with van der Waals surface area (Å²) in [7, 11) is 1.66. The first-order chi connectivity index (χ1) is 9.43. The molecule has 1 heterocycles. The van der Waals surface area contributed by atoms with E-state index < -0.39 is 11.9 Å². The van der Waals surface area contributed by atoms with Gasteiger partial charge >= 0.3 is 11.9 Å². The highest BCUT2D eigenvalue weighted by molar-refractivity contribution is 6.27. The van der Waals surface area contributed by atoms with E-state index in [0.717, 1.165) is 22.8 Å². The van der Waals surface area contributed by atoms with Gasteiger partial charge in [-0.05, 0) is 31.2 Å². The van der Waals surface area contributed by atoms with Gasteiger partial charge in [-0.2, -0.15) is 0 Å². The molecule has 1 aromatic heterocycles. The monoisotopic (exact) mass is 278 g/mol. The van der Waals surface area contributed by atoms with Crippen LogP contribution in [0.3, 0.4) is 0 Å². The summed E-state index contributed by atoms with van der Waals surface area (Å²) >= 11 is 0. The van der Waals surface area contributed by atoms with Gasteiger partial charge in [-0.15, -0.1) is 0 Å². The number of aliphatic carboxylic acids is 2. The summed E-state index contributed by atoms with van der Waals surface area (Å²) in [6.07, 6.45) is 1.82. The second kappa shape index (κ2) is 6.93. The van der Waals surface area contributed by atoms with Gasteiger partial charge in [0.05, 0.1) is 7.11 Å². The molecule has 0 radical (unpaired) electrons. The smallest absolute Gasteiger partial charge is 0.414 e. The molecule has 0 spiro atoms. The number of hydrogen-bond donors (Lipinski definition) is 3. The Balaban J connectivity index is 0.000000286. The van der Waals surface area contributed by atoms with Gasteiger partial charge in [0.25, 0.3) is 0 Å². The molecular weight excluding hydrogens is 264 g/mol. The molecule has 20 heavy (non-hydrogen) atoms. The van der Waals surface area contributed by atoms with E-state index in [1.54, 1.807) is 7.11 Å². The number of hydrogen-bond acceptors (Lipinski definition) is 4. The predicted molar refractivity (Wildman–Crippen MR) is 70.6 cm³/mol. The van der Waals surface area contributed by atoms with Crippen LogP contribution in [0.4, 0.5) is 0 Å². The fraction of sp³-hybridized carbons (Fsp3) is 0.154. The fourth-order valence-corrected chi connectivity index (χ4v) is 1.31. The van der Waals surface area contributed by atoms with Gasteiger partial charge in [0.15, 0.2) is 0 Å². The SMILES string of the molecule is COc1ccc(-c2ncc(C)[nH]2)cc1.O=C(O)C(=O)O. The van der Waals surface area contributed by atoms with Crippen molar-refractivity contribution in [3.63, 3.8) is 0 Å². The molecule has 2 aromatic rings. The number of methoxy groups -OCH3 is 1. The van der Waals surface area contributed by atoms with Gasteiger partial charge < -0.3 is 19.9 Å². The van der Waals surface area contributed by atoms with Crippen molar-refractivity contribution in [2.75, 3.05) is 7.11 Å². The first-order valence-electron chi connectivity index (χ1n) is 5.56. The molecule has 0 saturated carbocycles. The van der Waals surface area contributed by atoms with Crippen LogP contribution in [0, 0.1) is 6.92 Å². The van der Waals surface area contributed by atoms with Crippen molar-refractivity contribution in [2.24, 2.45) is 0 Å². The molecule has 0 atom stereocenters. The van der Waals surface area contributed by atoms with Crippen molar-refractivity contribution < 1.29 is 24.5 Å². The van der Waals surface area contributed by atoms with Crippen molar-refractivity contribution >= 4 is 11.9 Å². The van der Waals surface area contributed by atoms with Crippen molar-refractivity contribution in [2.45, 2.75) is 6.92 Å². The third-order valence-electron chi connectivity index (χ3n) is 2.25. The van der Waals surface area contributed by atoms with E-state index in [2.05, 4.69) is 9.97 Å². The summed E-state index contributed by atoms with van der Waals surface area (Å²) in [5.74, 6) is -1.90. The van der Waals surface area contributed by atoms with E-state index >= 15 is 0 Å². The molecule has 0 fully saturated rings. The van der Waals surface area contributed by atoms with Crippen LogP contribution in [0.5, 0.6) is 5.75 Å². The molecule has 1 aromatic carbocycles. The van der Waals surface area contributed by atoms with Crippen LogP contribution in [-0.2, 0) is 9.59 Å². The number of rotatable bonds is 2. The van der Waals surface area contributed by atoms with Gasteiger partial charge in [0, 0.05) is 17.5 Å². The van der Waals surface area contributed by atoms with Crippen LogP contribution in [0.15, 0.2) is 30.5 Å². The number of aromatic nitrogens is 2. The number of imidazole rings is 1. The molecule has 0 aliphatic rings. The zero-order valence-corrected chi connectivity index (χ0v) is 11.0. The van der Waals surface area contributed by atoms with E-state index in [0.29, 0.717) is 0 Å². The molecule has 2 rings (SSSR count). The molecule has 3 N–H and O–H groups in total. The number of aromatic amines is 1. The topological polar surface area (TPSA) is 113 Å². The first-order valence-corrected chi connectivity index (χ1v) is 5.56. The molecule has 0 saturated heterocycles. The van der Waals surface area contributed by atoms with E-state index in [-0.39, 0.29) is 0 Å². The van der Waals surface area contributed by atoms with Gasteiger partial charge in [0.1, 0.15) is 11.6 Å². The lowest BCUT2D eigenvalue weighted by atomic mass is 10.2. The fourth-order valence-electron chi connectivity index (χ4n) is 1.31. The van der Waals surface area contributed by atoms with Crippen LogP contribution >= 0.6 is 0 Å². The maximum Gasteiger partial charge on any atom is 0.414 e. The number of aryl methyl sites for hydroxylation is 1. The molecule has 106 valence electrons. The molecule has 0 aliphatic heterocycles. The Labute approximate surface area is 114 Å². The van der Waals surface area contributed by atoms with Gasteiger partial charge in [0.2, 0.25) is 0 Å².